The van der Waals surface area contributed by atoms with Gasteiger partial charge in [-0.25, -0.2) is 0 Å². The molecule has 0 unspecified atom stereocenters. The molecule has 0 amide bonds. The standard InChI is InChI=1S/C17H19N3/c1-3-16-14(12-20(2)19-16)11-18-17-10-6-8-13-7-4-5-9-15(13)17/h4-10,12,18H,3,11H2,1-2H3. The molecular weight excluding hydrogens is 246 g/mol. The van der Waals surface area contributed by atoms with E-state index in [9.17, 15) is 0 Å². The van der Waals surface area contributed by atoms with Gasteiger partial charge < -0.3 is 5.32 Å². The lowest BCUT2D eigenvalue weighted by Crippen LogP contribution is -2.01. The topological polar surface area (TPSA) is 29.9 Å². The van der Waals surface area contributed by atoms with Crippen LogP contribution < -0.4 is 5.32 Å². The summed E-state index contributed by atoms with van der Waals surface area (Å²) in [7, 11) is 1.97. The van der Waals surface area contributed by atoms with Gasteiger partial charge in [0.2, 0.25) is 0 Å². The summed E-state index contributed by atoms with van der Waals surface area (Å²) in [5.74, 6) is 0. The molecule has 0 radical (unpaired) electrons. The van der Waals surface area contributed by atoms with E-state index >= 15 is 0 Å². The average molecular weight is 265 g/mol. The summed E-state index contributed by atoms with van der Waals surface area (Å²) in [6, 6.07) is 14.8. The molecule has 0 spiro atoms. The van der Waals surface area contributed by atoms with Crippen molar-refractivity contribution in [1.82, 2.24) is 9.78 Å². The highest BCUT2D eigenvalue weighted by atomic mass is 15.3. The van der Waals surface area contributed by atoms with Gasteiger partial charge in [-0.05, 0) is 17.9 Å². The summed E-state index contributed by atoms with van der Waals surface area (Å²) in [4.78, 5) is 0. The van der Waals surface area contributed by atoms with Crippen molar-refractivity contribution in [1.29, 1.82) is 0 Å². The second kappa shape index (κ2) is 5.37. The first-order valence-electron chi connectivity index (χ1n) is 7.01. The van der Waals surface area contributed by atoms with Gasteiger partial charge in [-0.3, -0.25) is 4.68 Å². The van der Waals surface area contributed by atoms with E-state index in [1.807, 2.05) is 11.7 Å². The molecule has 0 bridgehead atoms. The minimum Gasteiger partial charge on any atom is -0.380 e. The lowest BCUT2D eigenvalue weighted by molar-refractivity contribution is 0.746. The zero-order valence-electron chi connectivity index (χ0n) is 11.9. The fraction of sp³-hybridized carbons (Fsp3) is 0.235. The number of anilines is 1. The van der Waals surface area contributed by atoms with Gasteiger partial charge >= 0.3 is 0 Å². The van der Waals surface area contributed by atoms with Crippen LogP contribution in [0.2, 0.25) is 0 Å². The Hall–Kier alpha value is -2.29. The maximum absolute atomic E-state index is 4.48. The van der Waals surface area contributed by atoms with Crippen molar-refractivity contribution < 1.29 is 0 Å². The maximum atomic E-state index is 4.48. The van der Waals surface area contributed by atoms with Crippen LogP contribution in [-0.4, -0.2) is 9.78 Å². The Kier molecular flexibility index (Phi) is 3.42. The number of nitrogens with one attached hydrogen (secondary N) is 1. The van der Waals surface area contributed by atoms with Crippen LogP contribution in [0.4, 0.5) is 5.69 Å². The SMILES string of the molecule is CCc1nn(C)cc1CNc1cccc2ccccc12. The van der Waals surface area contributed by atoms with Gasteiger partial charge in [-0.15, -0.1) is 0 Å². The first-order valence-corrected chi connectivity index (χ1v) is 7.01. The molecule has 3 rings (SSSR count). The quantitative estimate of drug-likeness (QED) is 0.778. The van der Waals surface area contributed by atoms with E-state index in [4.69, 9.17) is 0 Å². The molecule has 0 fully saturated rings. The van der Waals surface area contributed by atoms with Crippen LogP contribution in [0.15, 0.2) is 48.7 Å². The monoisotopic (exact) mass is 265 g/mol. The molecule has 20 heavy (non-hydrogen) atoms. The molecule has 3 aromatic rings. The first-order chi connectivity index (χ1) is 9.78. The van der Waals surface area contributed by atoms with Crippen molar-refractivity contribution in [2.24, 2.45) is 7.05 Å². The molecule has 0 aliphatic rings. The second-order valence-electron chi connectivity index (χ2n) is 5.01. The van der Waals surface area contributed by atoms with Crippen LogP contribution in [0.1, 0.15) is 18.2 Å². The third-order valence-corrected chi connectivity index (χ3v) is 3.59. The molecule has 0 saturated heterocycles. The van der Waals surface area contributed by atoms with E-state index < -0.39 is 0 Å². The molecule has 3 heteroatoms. The predicted molar refractivity (Wildman–Crippen MR) is 83.9 cm³/mol. The Morgan fingerprint density at radius 3 is 2.75 bits per heavy atom. The highest BCUT2D eigenvalue weighted by molar-refractivity contribution is 5.93. The normalized spacial score (nSPS) is 10.9. The first kappa shape index (κ1) is 12.7. The van der Waals surface area contributed by atoms with Crippen molar-refractivity contribution in [3.8, 4) is 0 Å². The molecule has 3 nitrogen and oxygen atoms in total. The molecule has 2 aromatic carbocycles. The summed E-state index contributed by atoms with van der Waals surface area (Å²) in [5, 5.41) is 10.5. The molecule has 1 heterocycles. The maximum Gasteiger partial charge on any atom is 0.0671 e. The van der Waals surface area contributed by atoms with Crippen molar-refractivity contribution in [2.45, 2.75) is 19.9 Å². The number of aryl methyl sites for hydroxylation is 2. The summed E-state index contributed by atoms with van der Waals surface area (Å²) < 4.78 is 1.89. The summed E-state index contributed by atoms with van der Waals surface area (Å²) in [5.41, 5.74) is 3.61. The van der Waals surface area contributed by atoms with Gasteiger partial charge in [0.25, 0.3) is 0 Å². The second-order valence-corrected chi connectivity index (χ2v) is 5.01. The van der Waals surface area contributed by atoms with E-state index in [-0.39, 0.29) is 0 Å². The lowest BCUT2D eigenvalue weighted by Gasteiger charge is -2.09. The highest BCUT2D eigenvalue weighted by Gasteiger charge is 2.06. The van der Waals surface area contributed by atoms with Crippen molar-refractivity contribution in [3.63, 3.8) is 0 Å². The average Bonchev–Trinajstić information content (AvgIpc) is 2.85. The van der Waals surface area contributed by atoms with Gasteiger partial charge in [0.15, 0.2) is 0 Å². The number of benzene rings is 2. The minimum atomic E-state index is 0.811. The van der Waals surface area contributed by atoms with Crippen molar-refractivity contribution in [2.75, 3.05) is 5.32 Å². The molecule has 0 atom stereocenters. The van der Waals surface area contributed by atoms with Gasteiger partial charge in [0.1, 0.15) is 0 Å². The third kappa shape index (κ3) is 2.39. The summed E-state index contributed by atoms with van der Waals surface area (Å²) >= 11 is 0. The Balaban J connectivity index is 1.86. The zero-order chi connectivity index (χ0) is 13.9. The Bertz CT molecular complexity index is 723. The molecule has 1 N–H and O–H groups in total. The van der Waals surface area contributed by atoms with Crippen LogP contribution in [0.25, 0.3) is 10.8 Å². The third-order valence-electron chi connectivity index (χ3n) is 3.59. The number of hydrogen-bond donors (Lipinski definition) is 1. The predicted octanol–water partition coefficient (Wildman–Crippen LogP) is 3.75. The summed E-state index contributed by atoms with van der Waals surface area (Å²) in [6.07, 6.45) is 3.06. The number of rotatable bonds is 4. The van der Waals surface area contributed by atoms with Gasteiger partial charge in [-0.1, -0.05) is 43.3 Å². The number of aromatic nitrogens is 2. The number of nitrogens with zero attached hydrogens (tertiary/aromatic N) is 2. The largest absolute Gasteiger partial charge is 0.380 e. The smallest absolute Gasteiger partial charge is 0.0671 e. The van der Waals surface area contributed by atoms with Gasteiger partial charge in [0.05, 0.1) is 5.69 Å². The molecule has 0 aliphatic heterocycles. The molecule has 102 valence electrons. The van der Waals surface area contributed by atoms with Gasteiger partial charge in [-0.2, -0.15) is 5.10 Å². The van der Waals surface area contributed by atoms with Crippen LogP contribution in [0, 0.1) is 0 Å². The Labute approximate surface area is 119 Å². The van der Waals surface area contributed by atoms with E-state index in [2.05, 4.69) is 66.0 Å². The molecule has 0 saturated carbocycles. The highest BCUT2D eigenvalue weighted by Crippen LogP contribution is 2.23. The number of hydrogen-bond acceptors (Lipinski definition) is 2. The minimum absolute atomic E-state index is 0.811. The van der Waals surface area contributed by atoms with E-state index in [0.29, 0.717) is 0 Å². The Morgan fingerprint density at radius 2 is 1.90 bits per heavy atom. The van der Waals surface area contributed by atoms with Gasteiger partial charge in [0, 0.05) is 36.4 Å². The van der Waals surface area contributed by atoms with E-state index in [1.54, 1.807) is 0 Å². The fourth-order valence-corrected chi connectivity index (χ4v) is 2.60. The zero-order valence-corrected chi connectivity index (χ0v) is 11.9. The van der Waals surface area contributed by atoms with Crippen molar-refractivity contribution in [3.05, 3.63) is 59.9 Å². The van der Waals surface area contributed by atoms with Crippen LogP contribution in [0.3, 0.4) is 0 Å². The Morgan fingerprint density at radius 1 is 1.10 bits per heavy atom. The van der Waals surface area contributed by atoms with Crippen LogP contribution >= 0.6 is 0 Å². The molecular formula is C17H19N3. The fourth-order valence-electron chi connectivity index (χ4n) is 2.60. The lowest BCUT2D eigenvalue weighted by atomic mass is 10.1. The van der Waals surface area contributed by atoms with Crippen LogP contribution in [-0.2, 0) is 20.0 Å². The van der Waals surface area contributed by atoms with E-state index in [1.165, 1.54) is 27.7 Å². The van der Waals surface area contributed by atoms with Crippen LogP contribution in [0.5, 0.6) is 0 Å². The molecule has 0 aliphatic carbocycles. The number of fused-ring (bicyclic) bond motifs is 1. The van der Waals surface area contributed by atoms with Crippen molar-refractivity contribution >= 4 is 16.5 Å². The van der Waals surface area contributed by atoms with E-state index in [0.717, 1.165) is 13.0 Å². The summed E-state index contributed by atoms with van der Waals surface area (Å²) in [6.45, 7) is 2.95. The molecule has 1 aromatic heterocycles.